The van der Waals surface area contributed by atoms with Crippen molar-refractivity contribution < 1.29 is 14.2 Å². The second-order valence-corrected chi connectivity index (χ2v) is 7.37. The largest absolute Gasteiger partial charge is 0.486 e. The molecule has 26 heavy (non-hydrogen) atoms. The van der Waals surface area contributed by atoms with E-state index in [0.717, 1.165) is 42.7 Å². The molecule has 5 rings (SSSR count). The molecule has 0 spiro atoms. The molecule has 1 aromatic heterocycles. The van der Waals surface area contributed by atoms with Crippen LogP contribution in [0, 0.1) is 0 Å². The van der Waals surface area contributed by atoms with Crippen molar-refractivity contribution in [2.24, 2.45) is 0 Å². The van der Waals surface area contributed by atoms with Gasteiger partial charge in [-0.25, -0.2) is 4.98 Å². The van der Waals surface area contributed by atoms with E-state index in [1.165, 1.54) is 18.4 Å². The molecule has 7 nitrogen and oxygen atoms in total. The van der Waals surface area contributed by atoms with Crippen LogP contribution >= 0.6 is 0 Å². The molecule has 0 unspecified atom stereocenters. The zero-order valence-electron chi connectivity index (χ0n) is 15.0. The maximum atomic E-state index is 5.72. The van der Waals surface area contributed by atoms with E-state index < -0.39 is 0 Å². The number of ether oxygens (including phenoxy) is 3. The number of benzene rings is 1. The Bertz CT molecular complexity index is 789. The van der Waals surface area contributed by atoms with Gasteiger partial charge >= 0.3 is 0 Å². The highest BCUT2D eigenvalue weighted by molar-refractivity contribution is 5.43. The molecular formula is C19H24N4O3. The van der Waals surface area contributed by atoms with Gasteiger partial charge in [-0.2, -0.15) is 5.10 Å². The van der Waals surface area contributed by atoms with Crippen LogP contribution in [0.4, 0.5) is 0 Å². The van der Waals surface area contributed by atoms with E-state index in [1.807, 2.05) is 6.07 Å². The lowest BCUT2D eigenvalue weighted by Gasteiger charge is -2.24. The third-order valence-electron chi connectivity index (χ3n) is 5.47. The van der Waals surface area contributed by atoms with Gasteiger partial charge in [-0.05, 0) is 37.0 Å². The molecule has 1 N–H and O–H groups in total. The molecule has 1 aromatic carbocycles. The number of methoxy groups -OCH3 is 1. The molecule has 3 heterocycles. The van der Waals surface area contributed by atoms with Gasteiger partial charge in [0.15, 0.2) is 17.3 Å². The number of aromatic amines is 1. The maximum absolute atomic E-state index is 5.72. The fourth-order valence-electron chi connectivity index (χ4n) is 3.87. The number of fused-ring (bicyclic) bond motifs is 1. The Morgan fingerprint density at radius 3 is 2.88 bits per heavy atom. The summed E-state index contributed by atoms with van der Waals surface area (Å²) in [6.45, 7) is 2.93. The summed E-state index contributed by atoms with van der Waals surface area (Å²) in [7, 11) is 1.78. The number of rotatable bonds is 5. The minimum atomic E-state index is 0.202. The molecule has 2 fully saturated rings. The van der Waals surface area contributed by atoms with Crippen LogP contribution < -0.4 is 9.47 Å². The Kier molecular flexibility index (Phi) is 4.05. The molecule has 7 heteroatoms. The molecule has 2 aliphatic heterocycles. The van der Waals surface area contributed by atoms with E-state index in [9.17, 15) is 0 Å². The van der Waals surface area contributed by atoms with Crippen molar-refractivity contribution in [3.8, 4) is 11.5 Å². The average molecular weight is 356 g/mol. The molecule has 2 atom stereocenters. The summed E-state index contributed by atoms with van der Waals surface area (Å²) in [5, 5.41) is 7.61. The molecule has 138 valence electrons. The molecule has 1 aliphatic carbocycles. The van der Waals surface area contributed by atoms with Gasteiger partial charge in [0.25, 0.3) is 0 Å². The van der Waals surface area contributed by atoms with Gasteiger partial charge in [0, 0.05) is 26.1 Å². The minimum absolute atomic E-state index is 0.202. The Balaban J connectivity index is 1.36. The number of nitrogens with one attached hydrogen (secondary N) is 1. The van der Waals surface area contributed by atoms with E-state index >= 15 is 0 Å². The Labute approximate surface area is 152 Å². The smallest absolute Gasteiger partial charge is 0.161 e. The number of H-pyrrole nitrogens is 1. The fourth-order valence-corrected chi connectivity index (χ4v) is 3.87. The molecule has 0 bridgehead atoms. The third-order valence-corrected chi connectivity index (χ3v) is 5.47. The normalized spacial score (nSPS) is 25.6. The highest BCUT2D eigenvalue weighted by atomic mass is 16.6. The van der Waals surface area contributed by atoms with Gasteiger partial charge in [-0.15, -0.1) is 0 Å². The predicted octanol–water partition coefficient (Wildman–Crippen LogP) is 2.42. The van der Waals surface area contributed by atoms with Crippen LogP contribution in [0.25, 0.3) is 0 Å². The van der Waals surface area contributed by atoms with Crippen molar-refractivity contribution >= 4 is 0 Å². The summed E-state index contributed by atoms with van der Waals surface area (Å²) in [5.41, 5.74) is 1.21. The SMILES string of the molecule is CO[C@@H]1C[C@@H](c2nc(C3CC3)n[nH]2)N(Cc2ccc3c(c2)OCCO3)C1. The van der Waals surface area contributed by atoms with E-state index in [0.29, 0.717) is 19.1 Å². The van der Waals surface area contributed by atoms with Gasteiger partial charge in [0.05, 0.1) is 12.1 Å². The number of hydrogen-bond donors (Lipinski definition) is 1. The lowest BCUT2D eigenvalue weighted by atomic mass is 10.1. The highest BCUT2D eigenvalue weighted by Gasteiger charge is 2.36. The standard InChI is InChI=1S/C19H24N4O3/c1-24-14-9-15(19-20-18(21-22-19)13-3-4-13)23(11-14)10-12-2-5-16-17(8-12)26-7-6-25-16/h2,5,8,13-15H,3-4,6-7,9-11H2,1H3,(H,20,21,22)/t14-,15+/m1/s1. The monoisotopic (exact) mass is 356 g/mol. The van der Waals surface area contributed by atoms with Crippen LogP contribution in [0.3, 0.4) is 0 Å². The lowest BCUT2D eigenvalue weighted by Crippen LogP contribution is -2.25. The van der Waals surface area contributed by atoms with E-state index in [4.69, 9.17) is 19.2 Å². The molecule has 2 aromatic rings. The number of hydrogen-bond acceptors (Lipinski definition) is 6. The zero-order valence-corrected chi connectivity index (χ0v) is 15.0. The highest BCUT2D eigenvalue weighted by Crippen LogP contribution is 2.40. The van der Waals surface area contributed by atoms with Crippen LogP contribution in [0.5, 0.6) is 11.5 Å². The molecule has 1 saturated heterocycles. The maximum Gasteiger partial charge on any atom is 0.161 e. The van der Waals surface area contributed by atoms with Crippen molar-refractivity contribution in [2.75, 3.05) is 26.9 Å². The van der Waals surface area contributed by atoms with Gasteiger partial charge in [0.2, 0.25) is 0 Å². The summed E-state index contributed by atoms with van der Waals surface area (Å²) in [6, 6.07) is 6.40. The van der Waals surface area contributed by atoms with E-state index in [1.54, 1.807) is 7.11 Å². The Morgan fingerprint density at radius 2 is 2.08 bits per heavy atom. The van der Waals surface area contributed by atoms with Crippen molar-refractivity contribution in [1.29, 1.82) is 0 Å². The fraction of sp³-hybridized carbons (Fsp3) is 0.579. The second kappa shape index (κ2) is 6.55. The van der Waals surface area contributed by atoms with Crippen LogP contribution in [-0.4, -0.2) is 53.1 Å². The van der Waals surface area contributed by atoms with Crippen LogP contribution in [0.2, 0.25) is 0 Å². The minimum Gasteiger partial charge on any atom is -0.486 e. The molecule has 3 aliphatic rings. The Hall–Kier alpha value is -2.12. The first-order valence-corrected chi connectivity index (χ1v) is 9.37. The zero-order chi connectivity index (χ0) is 17.5. The molecule has 1 saturated carbocycles. The van der Waals surface area contributed by atoms with Crippen LogP contribution in [-0.2, 0) is 11.3 Å². The summed E-state index contributed by atoms with van der Waals surface area (Å²) < 4.78 is 17.0. The molecular weight excluding hydrogens is 332 g/mol. The second-order valence-electron chi connectivity index (χ2n) is 7.37. The van der Waals surface area contributed by atoms with Crippen molar-refractivity contribution in [2.45, 2.75) is 43.9 Å². The van der Waals surface area contributed by atoms with Crippen molar-refractivity contribution in [3.63, 3.8) is 0 Å². The number of likely N-dealkylation sites (tertiary alicyclic amines) is 1. The first-order chi connectivity index (χ1) is 12.8. The van der Waals surface area contributed by atoms with E-state index in [2.05, 4.69) is 27.2 Å². The summed E-state index contributed by atoms with van der Waals surface area (Å²) in [5.74, 6) is 4.16. The van der Waals surface area contributed by atoms with Crippen LogP contribution in [0.15, 0.2) is 18.2 Å². The lowest BCUT2D eigenvalue weighted by molar-refractivity contribution is 0.107. The molecule has 0 amide bonds. The van der Waals surface area contributed by atoms with Gasteiger partial charge in [0.1, 0.15) is 19.0 Å². The van der Waals surface area contributed by atoms with Gasteiger partial charge in [-0.3, -0.25) is 10.00 Å². The molecule has 0 radical (unpaired) electrons. The topological polar surface area (TPSA) is 72.5 Å². The van der Waals surface area contributed by atoms with Gasteiger partial charge in [-0.1, -0.05) is 6.07 Å². The average Bonchev–Trinajstić information content (AvgIpc) is 3.26. The van der Waals surface area contributed by atoms with Gasteiger partial charge < -0.3 is 14.2 Å². The number of nitrogens with zero attached hydrogens (tertiary/aromatic N) is 3. The van der Waals surface area contributed by atoms with Crippen molar-refractivity contribution in [1.82, 2.24) is 20.1 Å². The van der Waals surface area contributed by atoms with Crippen LogP contribution in [0.1, 0.15) is 48.4 Å². The van der Waals surface area contributed by atoms with E-state index in [-0.39, 0.29) is 12.1 Å². The summed E-state index contributed by atoms with van der Waals surface area (Å²) in [6.07, 6.45) is 3.57. The van der Waals surface area contributed by atoms with Crippen molar-refractivity contribution in [3.05, 3.63) is 35.4 Å². The summed E-state index contributed by atoms with van der Waals surface area (Å²) in [4.78, 5) is 7.19. The number of aromatic nitrogens is 3. The Morgan fingerprint density at radius 1 is 1.23 bits per heavy atom. The summed E-state index contributed by atoms with van der Waals surface area (Å²) >= 11 is 0. The predicted molar refractivity (Wildman–Crippen MR) is 94.4 cm³/mol. The quantitative estimate of drug-likeness (QED) is 0.887. The first-order valence-electron chi connectivity index (χ1n) is 9.37. The third kappa shape index (κ3) is 3.05. The first kappa shape index (κ1) is 16.1.